The lowest BCUT2D eigenvalue weighted by molar-refractivity contribution is -0.00739. The SMILES string of the molecule is NC(=O)c1ccc(OCC(O)CO)c(C23CC4CC(CC(C4)C2)C3)c1. The predicted molar refractivity (Wildman–Crippen MR) is 93.4 cm³/mol. The van der Waals surface area contributed by atoms with E-state index in [4.69, 9.17) is 15.6 Å². The molecule has 4 N–H and O–H groups in total. The third kappa shape index (κ3) is 3.04. The zero-order valence-electron chi connectivity index (χ0n) is 14.5. The van der Waals surface area contributed by atoms with Crippen molar-refractivity contribution in [3.63, 3.8) is 0 Å². The number of ether oxygens (including phenoxy) is 1. The fraction of sp³-hybridized carbons (Fsp3) is 0.650. The van der Waals surface area contributed by atoms with Crippen molar-refractivity contribution in [3.8, 4) is 5.75 Å². The van der Waals surface area contributed by atoms with Crippen molar-refractivity contribution in [1.82, 2.24) is 0 Å². The Morgan fingerprint density at radius 2 is 1.80 bits per heavy atom. The second kappa shape index (κ2) is 6.29. The Morgan fingerprint density at radius 3 is 2.32 bits per heavy atom. The molecule has 0 heterocycles. The van der Waals surface area contributed by atoms with Crippen molar-refractivity contribution in [1.29, 1.82) is 0 Å². The van der Waals surface area contributed by atoms with E-state index in [9.17, 15) is 9.90 Å². The lowest BCUT2D eigenvalue weighted by Crippen LogP contribution is -2.48. The van der Waals surface area contributed by atoms with Crippen LogP contribution in [0.15, 0.2) is 18.2 Å². The summed E-state index contributed by atoms with van der Waals surface area (Å²) >= 11 is 0. The maximum absolute atomic E-state index is 11.7. The fourth-order valence-corrected chi connectivity index (χ4v) is 5.90. The zero-order valence-corrected chi connectivity index (χ0v) is 14.5. The first-order valence-corrected chi connectivity index (χ1v) is 9.35. The monoisotopic (exact) mass is 345 g/mol. The first-order chi connectivity index (χ1) is 12.0. The molecule has 4 saturated carbocycles. The smallest absolute Gasteiger partial charge is 0.248 e. The number of aliphatic hydroxyl groups excluding tert-OH is 2. The van der Waals surface area contributed by atoms with Gasteiger partial charge in [0.05, 0.1) is 6.61 Å². The molecule has 0 aliphatic heterocycles. The van der Waals surface area contributed by atoms with Crippen LogP contribution >= 0.6 is 0 Å². The standard InChI is InChI=1S/C20H27NO4/c21-19(24)15-1-2-18(25-11-16(23)10-22)17(6-15)20-7-12-3-13(8-20)5-14(4-12)9-20/h1-2,6,12-14,16,22-23H,3-5,7-11H2,(H2,21,24). The van der Waals surface area contributed by atoms with Crippen molar-refractivity contribution in [2.45, 2.75) is 50.0 Å². The Kier molecular flexibility index (Phi) is 4.24. The van der Waals surface area contributed by atoms with Gasteiger partial charge in [0.2, 0.25) is 5.91 Å². The lowest BCUT2D eigenvalue weighted by Gasteiger charge is -2.57. The molecule has 4 fully saturated rings. The van der Waals surface area contributed by atoms with E-state index in [1.807, 2.05) is 6.07 Å². The van der Waals surface area contributed by atoms with E-state index in [0.29, 0.717) is 5.56 Å². The highest BCUT2D eigenvalue weighted by atomic mass is 16.5. The molecule has 136 valence electrons. The number of aliphatic hydroxyl groups is 2. The zero-order chi connectivity index (χ0) is 17.6. The Hall–Kier alpha value is -1.59. The summed E-state index contributed by atoms with van der Waals surface area (Å²) in [6, 6.07) is 5.40. The maximum Gasteiger partial charge on any atom is 0.248 e. The first-order valence-electron chi connectivity index (χ1n) is 9.35. The van der Waals surface area contributed by atoms with Gasteiger partial charge in [-0.05, 0) is 79.9 Å². The van der Waals surface area contributed by atoms with E-state index in [1.165, 1.54) is 19.3 Å². The second-order valence-electron chi connectivity index (χ2n) is 8.42. The average Bonchev–Trinajstić information content (AvgIpc) is 2.58. The van der Waals surface area contributed by atoms with E-state index in [-0.39, 0.29) is 18.6 Å². The molecule has 1 amide bonds. The number of nitrogens with two attached hydrogens (primary N) is 1. The van der Waals surface area contributed by atoms with Crippen LogP contribution in [0.3, 0.4) is 0 Å². The molecular formula is C20H27NO4. The third-order valence-electron chi connectivity index (χ3n) is 6.52. The molecule has 5 nitrogen and oxygen atoms in total. The second-order valence-corrected chi connectivity index (χ2v) is 8.42. The number of hydrogen-bond donors (Lipinski definition) is 3. The minimum absolute atomic E-state index is 0.0474. The molecule has 0 spiro atoms. The number of carbonyl (C=O) groups is 1. The van der Waals surface area contributed by atoms with Crippen LogP contribution < -0.4 is 10.5 Å². The van der Waals surface area contributed by atoms with Crippen molar-refractivity contribution < 1.29 is 19.7 Å². The fourth-order valence-electron chi connectivity index (χ4n) is 5.90. The Morgan fingerprint density at radius 1 is 1.20 bits per heavy atom. The molecule has 4 aliphatic carbocycles. The summed E-state index contributed by atoms with van der Waals surface area (Å²) in [6.07, 6.45) is 6.58. The summed E-state index contributed by atoms with van der Waals surface area (Å²) in [6.45, 7) is -0.280. The molecule has 5 rings (SSSR count). The van der Waals surface area contributed by atoms with Gasteiger partial charge in [-0.15, -0.1) is 0 Å². The summed E-state index contributed by atoms with van der Waals surface area (Å²) in [5.41, 5.74) is 7.18. The van der Waals surface area contributed by atoms with Gasteiger partial charge in [0.1, 0.15) is 18.5 Å². The molecule has 25 heavy (non-hydrogen) atoms. The number of amides is 1. The van der Waals surface area contributed by atoms with Gasteiger partial charge in [-0.3, -0.25) is 4.79 Å². The van der Waals surface area contributed by atoms with Crippen molar-refractivity contribution in [2.24, 2.45) is 23.5 Å². The number of primary amides is 1. The van der Waals surface area contributed by atoms with Crippen LogP contribution in [0.5, 0.6) is 5.75 Å². The van der Waals surface area contributed by atoms with Gasteiger partial charge in [-0.25, -0.2) is 0 Å². The molecule has 1 unspecified atom stereocenters. The Bertz CT molecular complexity index is 636. The van der Waals surface area contributed by atoms with E-state index in [2.05, 4.69) is 0 Å². The van der Waals surface area contributed by atoms with Crippen molar-refractivity contribution in [2.75, 3.05) is 13.2 Å². The number of rotatable bonds is 6. The van der Waals surface area contributed by atoms with Gasteiger partial charge >= 0.3 is 0 Å². The largest absolute Gasteiger partial charge is 0.490 e. The van der Waals surface area contributed by atoms with Gasteiger partial charge < -0.3 is 20.7 Å². The van der Waals surface area contributed by atoms with Crippen molar-refractivity contribution in [3.05, 3.63) is 29.3 Å². The summed E-state index contributed by atoms with van der Waals surface area (Å²) in [7, 11) is 0. The van der Waals surface area contributed by atoms with Crippen LogP contribution in [0.2, 0.25) is 0 Å². The summed E-state index contributed by atoms with van der Waals surface area (Å²) < 4.78 is 5.85. The van der Waals surface area contributed by atoms with Gasteiger partial charge in [0, 0.05) is 11.1 Å². The third-order valence-corrected chi connectivity index (χ3v) is 6.52. The first kappa shape index (κ1) is 16.9. The molecule has 4 aliphatic rings. The molecule has 0 radical (unpaired) electrons. The van der Waals surface area contributed by atoms with Crippen LogP contribution in [0, 0.1) is 17.8 Å². The normalized spacial score (nSPS) is 34.1. The van der Waals surface area contributed by atoms with E-state index in [1.54, 1.807) is 12.1 Å². The molecular weight excluding hydrogens is 318 g/mol. The number of benzene rings is 1. The molecule has 4 bridgehead atoms. The van der Waals surface area contributed by atoms with Crippen LogP contribution in [0.25, 0.3) is 0 Å². The molecule has 0 aromatic heterocycles. The molecule has 1 aromatic rings. The van der Waals surface area contributed by atoms with E-state index in [0.717, 1.165) is 48.3 Å². The predicted octanol–water partition coefficient (Wildman–Crippen LogP) is 1.99. The molecule has 1 atom stereocenters. The van der Waals surface area contributed by atoms with Crippen LogP contribution in [0.1, 0.15) is 54.4 Å². The highest BCUT2D eigenvalue weighted by Gasteiger charge is 2.52. The average molecular weight is 345 g/mol. The molecule has 5 heteroatoms. The van der Waals surface area contributed by atoms with Gasteiger partial charge in [0.15, 0.2) is 0 Å². The minimum Gasteiger partial charge on any atom is -0.490 e. The quantitative estimate of drug-likeness (QED) is 0.735. The maximum atomic E-state index is 11.7. The van der Waals surface area contributed by atoms with Crippen LogP contribution in [0.4, 0.5) is 0 Å². The van der Waals surface area contributed by atoms with Crippen LogP contribution in [-0.2, 0) is 5.41 Å². The molecule has 0 saturated heterocycles. The molecule has 1 aromatic carbocycles. The highest BCUT2D eigenvalue weighted by Crippen LogP contribution is 2.61. The highest BCUT2D eigenvalue weighted by molar-refractivity contribution is 5.93. The summed E-state index contributed by atoms with van der Waals surface area (Å²) in [4.78, 5) is 11.7. The summed E-state index contributed by atoms with van der Waals surface area (Å²) in [5.74, 6) is 2.63. The van der Waals surface area contributed by atoms with E-state index < -0.39 is 12.0 Å². The Balaban J connectivity index is 1.71. The summed E-state index contributed by atoms with van der Waals surface area (Å²) in [5, 5.41) is 18.7. The van der Waals surface area contributed by atoms with Gasteiger partial charge in [0.25, 0.3) is 0 Å². The van der Waals surface area contributed by atoms with Crippen molar-refractivity contribution >= 4 is 5.91 Å². The number of carbonyl (C=O) groups excluding carboxylic acids is 1. The van der Waals surface area contributed by atoms with Crippen LogP contribution in [-0.4, -0.2) is 35.4 Å². The van der Waals surface area contributed by atoms with Gasteiger partial charge in [-0.2, -0.15) is 0 Å². The minimum atomic E-state index is -0.903. The van der Waals surface area contributed by atoms with Gasteiger partial charge in [-0.1, -0.05) is 0 Å². The van der Waals surface area contributed by atoms with E-state index >= 15 is 0 Å². The lowest BCUT2D eigenvalue weighted by atomic mass is 9.48. The number of hydrogen-bond acceptors (Lipinski definition) is 4. The Labute approximate surface area is 148 Å². The topological polar surface area (TPSA) is 92.8 Å².